The van der Waals surface area contributed by atoms with Gasteiger partial charge in [0.05, 0.1) is 5.92 Å². The van der Waals surface area contributed by atoms with E-state index in [0.29, 0.717) is 31.8 Å². The molecule has 21 heavy (non-hydrogen) atoms. The molecule has 7 nitrogen and oxygen atoms in total. The first-order chi connectivity index (χ1) is 9.78. The molecule has 1 fully saturated rings. The van der Waals surface area contributed by atoms with Crippen molar-refractivity contribution < 1.29 is 18.3 Å². The minimum Gasteiger partial charge on any atom is -0.481 e. The summed E-state index contributed by atoms with van der Waals surface area (Å²) in [5.41, 5.74) is 0. The normalized spacial score (nSPS) is 24.1. The van der Waals surface area contributed by atoms with Gasteiger partial charge in [-0.3, -0.25) is 4.79 Å². The Morgan fingerprint density at radius 1 is 1.52 bits per heavy atom. The minimum absolute atomic E-state index is 0.000242. The summed E-state index contributed by atoms with van der Waals surface area (Å²) < 4.78 is 28.4. The number of nitrogens with zero attached hydrogens (tertiary/aromatic N) is 3. The molecule has 1 N–H and O–H groups in total. The molecule has 1 aromatic heterocycles. The van der Waals surface area contributed by atoms with Crippen molar-refractivity contribution in [2.75, 3.05) is 6.54 Å². The largest absolute Gasteiger partial charge is 0.481 e. The maximum atomic E-state index is 12.7. The number of carboxylic acid groups (broad SMARTS) is 1. The standard InChI is InChI=1S/C13H21N3O4S/c1-4-15-8-12(14-10(15)3)21(19,20)16-7-5-6-11(9(16)2)13(17)18/h8-9,11H,4-7H2,1-3H3,(H,17,18)/t9-,11-/m0/s1. The van der Waals surface area contributed by atoms with Crippen LogP contribution in [0, 0.1) is 12.8 Å². The Balaban J connectivity index is 2.35. The molecule has 118 valence electrons. The van der Waals surface area contributed by atoms with Crippen molar-refractivity contribution in [3.63, 3.8) is 0 Å². The molecule has 0 saturated carbocycles. The molecular formula is C13H21N3O4S. The summed E-state index contributed by atoms with van der Waals surface area (Å²) >= 11 is 0. The van der Waals surface area contributed by atoms with Crippen LogP contribution in [-0.4, -0.2) is 45.9 Å². The zero-order valence-corrected chi connectivity index (χ0v) is 13.3. The molecule has 2 heterocycles. The highest BCUT2D eigenvalue weighted by Gasteiger charge is 2.40. The summed E-state index contributed by atoms with van der Waals surface area (Å²) in [6.45, 7) is 6.30. The predicted molar refractivity (Wildman–Crippen MR) is 76.4 cm³/mol. The summed E-state index contributed by atoms with van der Waals surface area (Å²) in [7, 11) is -3.75. The van der Waals surface area contributed by atoms with Gasteiger partial charge >= 0.3 is 5.97 Å². The second-order valence-corrected chi connectivity index (χ2v) is 7.19. The van der Waals surface area contributed by atoms with Crippen molar-refractivity contribution in [3.8, 4) is 0 Å². The molecular weight excluding hydrogens is 294 g/mol. The molecule has 0 unspecified atom stereocenters. The summed E-state index contributed by atoms with van der Waals surface area (Å²) in [6, 6.07) is -0.562. The first-order valence-corrected chi connectivity index (χ1v) is 8.51. The van der Waals surface area contributed by atoms with Crippen LogP contribution in [0.1, 0.15) is 32.5 Å². The fourth-order valence-corrected chi connectivity index (χ4v) is 4.53. The SMILES string of the molecule is CCn1cc(S(=O)(=O)N2CCC[C@H](C(=O)O)[C@@H]2C)nc1C. The first-order valence-electron chi connectivity index (χ1n) is 7.07. The fourth-order valence-electron chi connectivity index (χ4n) is 2.83. The maximum Gasteiger partial charge on any atom is 0.308 e. The van der Waals surface area contributed by atoms with Crippen LogP contribution in [0.4, 0.5) is 0 Å². The predicted octanol–water partition coefficient (Wildman–Crippen LogP) is 1.09. The monoisotopic (exact) mass is 315 g/mol. The second kappa shape index (κ2) is 5.76. The molecule has 1 aliphatic heterocycles. The number of piperidine rings is 1. The van der Waals surface area contributed by atoms with Crippen molar-refractivity contribution >= 4 is 16.0 Å². The average Bonchev–Trinajstić information content (AvgIpc) is 2.80. The lowest BCUT2D eigenvalue weighted by atomic mass is 9.92. The molecule has 0 aromatic carbocycles. The van der Waals surface area contributed by atoms with Crippen LogP contribution in [0.5, 0.6) is 0 Å². The van der Waals surface area contributed by atoms with Gasteiger partial charge in [-0.2, -0.15) is 4.31 Å². The molecule has 0 spiro atoms. The number of imidazole rings is 1. The zero-order chi connectivity index (χ0) is 15.8. The van der Waals surface area contributed by atoms with E-state index in [1.54, 1.807) is 18.4 Å². The van der Waals surface area contributed by atoms with E-state index in [9.17, 15) is 18.3 Å². The maximum absolute atomic E-state index is 12.7. The van der Waals surface area contributed by atoms with Gasteiger partial charge in [0.15, 0.2) is 5.03 Å². The molecule has 0 aliphatic carbocycles. The Bertz CT molecular complexity index is 638. The van der Waals surface area contributed by atoms with Gasteiger partial charge < -0.3 is 9.67 Å². The molecule has 0 bridgehead atoms. The Kier molecular flexibility index (Phi) is 4.38. The van der Waals surface area contributed by atoms with E-state index in [-0.39, 0.29) is 5.03 Å². The lowest BCUT2D eigenvalue weighted by Crippen LogP contribution is -2.49. The van der Waals surface area contributed by atoms with Crippen molar-refractivity contribution in [3.05, 3.63) is 12.0 Å². The molecule has 1 aliphatic rings. The Labute approximate surface area is 124 Å². The average molecular weight is 315 g/mol. The summed E-state index contributed by atoms with van der Waals surface area (Å²) in [6.07, 6.45) is 2.57. The molecule has 0 amide bonds. The van der Waals surface area contributed by atoms with Gasteiger partial charge in [-0.25, -0.2) is 13.4 Å². The number of aliphatic carboxylic acids is 1. The number of hydrogen-bond acceptors (Lipinski definition) is 4. The van der Waals surface area contributed by atoms with Crippen LogP contribution >= 0.6 is 0 Å². The molecule has 1 saturated heterocycles. The molecule has 1 aromatic rings. The minimum atomic E-state index is -3.75. The smallest absolute Gasteiger partial charge is 0.308 e. The zero-order valence-electron chi connectivity index (χ0n) is 12.5. The summed E-state index contributed by atoms with van der Waals surface area (Å²) in [4.78, 5) is 15.4. The van der Waals surface area contributed by atoms with E-state index in [1.165, 1.54) is 10.5 Å². The Morgan fingerprint density at radius 2 is 2.19 bits per heavy atom. The van der Waals surface area contributed by atoms with Crippen molar-refractivity contribution in [1.82, 2.24) is 13.9 Å². The highest BCUT2D eigenvalue weighted by atomic mass is 32.2. The molecule has 0 radical (unpaired) electrons. The molecule has 2 rings (SSSR count). The van der Waals surface area contributed by atoms with Gasteiger partial charge in [0, 0.05) is 25.3 Å². The number of hydrogen-bond donors (Lipinski definition) is 1. The van der Waals surface area contributed by atoms with Crippen LogP contribution in [0.15, 0.2) is 11.2 Å². The first kappa shape index (κ1) is 16.0. The lowest BCUT2D eigenvalue weighted by molar-refractivity contribution is -0.144. The number of carbonyl (C=O) groups is 1. The second-order valence-electron chi connectivity index (χ2n) is 5.36. The third kappa shape index (κ3) is 2.82. The lowest BCUT2D eigenvalue weighted by Gasteiger charge is -2.35. The Hall–Kier alpha value is -1.41. The van der Waals surface area contributed by atoms with E-state index < -0.39 is 28.0 Å². The number of rotatable bonds is 4. The third-order valence-corrected chi connectivity index (χ3v) is 5.97. The highest BCUT2D eigenvalue weighted by Crippen LogP contribution is 2.29. The summed E-state index contributed by atoms with van der Waals surface area (Å²) in [5, 5.41) is 9.21. The van der Waals surface area contributed by atoms with Crippen molar-refractivity contribution in [1.29, 1.82) is 0 Å². The van der Waals surface area contributed by atoms with E-state index in [1.807, 2.05) is 6.92 Å². The van der Waals surface area contributed by atoms with E-state index in [4.69, 9.17) is 0 Å². The highest BCUT2D eigenvalue weighted by molar-refractivity contribution is 7.89. The van der Waals surface area contributed by atoms with Crippen LogP contribution in [0.3, 0.4) is 0 Å². The number of aromatic nitrogens is 2. The van der Waals surface area contributed by atoms with Crippen LogP contribution in [0.25, 0.3) is 0 Å². The van der Waals surface area contributed by atoms with E-state index in [2.05, 4.69) is 4.98 Å². The van der Waals surface area contributed by atoms with Crippen molar-refractivity contribution in [2.24, 2.45) is 5.92 Å². The number of carboxylic acids is 1. The van der Waals surface area contributed by atoms with Gasteiger partial charge in [0.25, 0.3) is 10.0 Å². The van der Waals surface area contributed by atoms with Gasteiger partial charge in [-0.1, -0.05) is 0 Å². The van der Waals surface area contributed by atoms with E-state index in [0.717, 1.165) is 0 Å². The quantitative estimate of drug-likeness (QED) is 0.897. The van der Waals surface area contributed by atoms with Crippen LogP contribution in [0.2, 0.25) is 0 Å². The third-order valence-electron chi connectivity index (χ3n) is 4.12. The number of sulfonamides is 1. The van der Waals surface area contributed by atoms with Crippen molar-refractivity contribution in [2.45, 2.75) is 51.2 Å². The Morgan fingerprint density at radius 3 is 2.71 bits per heavy atom. The topological polar surface area (TPSA) is 92.5 Å². The fraction of sp³-hybridized carbons (Fsp3) is 0.692. The number of aryl methyl sites for hydroxylation is 2. The van der Waals surface area contributed by atoms with Gasteiger partial charge in [-0.15, -0.1) is 0 Å². The van der Waals surface area contributed by atoms with Gasteiger partial charge in [-0.05, 0) is 33.6 Å². The molecule has 2 atom stereocenters. The van der Waals surface area contributed by atoms with E-state index >= 15 is 0 Å². The molecule has 8 heteroatoms. The van der Waals surface area contributed by atoms with Gasteiger partial charge in [0.1, 0.15) is 5.82 Å². The van der Waals surface area contributed by atoms with Gasteiger partial charge in [0.2, 0.25) is 0 Å². The van der Waals surface area contributed by atoms with Crippen LogP contribution < -0.4 is 0 Å². The van der Waals surface area contributed by atoms with Crippen LogP contribution in [-0.2, 0) is 21.4 Å². The summed E-state index contributed by atoms with van der Waals surface area (Å²) in [5.74, 6) is -0.976.